The summed E-state index contributed by atoms with van der Waals surface area (Å²) in [6.07, 6.45) is 8.13. The number of hydrogen-bond acceptors (Lipinski definition) is 4. The molecule has 0 saturated carbocycles. The molecule has 1 atom stereocenters. The lowest BCUT2D eigenvalue weighted by Crippen LogP contribution is -2.10. The van der Waals surface area contributed by atoms with E-state index in [4.69, 9.17) is 5.21 Å². The number of phenolic OH excluding ortho intramolecular Hbond substituents is 1. The van der Waals surface area contributed by atoms with E-state index in [1.165, 1.54) is 31.9 Å². The average molecular weight is 279 g/mol. The number of benzene rings is 1. The zero-order valence-corrected chi connectivity index (χ0v) is 12.1. The number of phenols is 1. The standard InChI is InChI=1S/C16H25NO3/c1-2-3-4-5-6-7-15(18)11-13-8-9-16(19)14(10-13)12-17-20/h8-10,12,15,18-20H,2-7,11H2,1H3. The Kier molecular flexibility index (Phi) is 7.73. The molecule has 0 heterocycles. The molecule has 0 amide bonds. The van der Waals surface area contributed by atoms with E-state index in [0.717, 1.165) is 18.4 Å². The molecule has 0 saturated heterocycles. The van der Waals surface area contributed by atoms with Gasteiger partial charge in [-0.1, -0.05) is 50.2 Å². The number of hydrogen-bond donors (Lipinski definition) is 3. The van der Waals surface area contributed by atoms with Crippen molar-refractivity contribution >= 4 is 6.21 Å². The van der Waals surface area contributed by atoms with E-state index < -0.39 is 0 Å². The Balaban J connectivity index is 2.41. The number of aliphatic hydroxyl groups is 1. The minimum Gasteiger partial charge on any atom is -0.507 e. The molecule has 1 aromatic rings. The summed E-state index contributed by atoms with van der Waals surface area (Å²) in [5.74, 6) is 0.0700. The van der Waals surface area contributed by atoms with Crippen LogP contribution >= 0.6 is 0 Å². The number of aromatic hydroxyl groups is 1. The van der Waals surface area contributed by atoms with Gasteiger partial charge in [0.1, 0.15) is 5.75 Å². The smallest absolute Gasteiger partial charge is 0.124 e. The number of aliphatic hydroxyl groups excluding tert-OH is 1. The first-order valence-electron chi connectivity index (χ1n) is 7.34. The fourth-order valence-corrected chi connectivity index (χ4v) is 2.25. The molecule has 0 radical (unpaired) electrons. The Hall–Kier alpha value is -1.55. The molecular formula is C16H25NO3. The van der Waals surface area contributed by atoms with Gasteiger partial charge in [0.05, 0.1) is 12.3 Å². The van der Waals surface area contributed by atoms with Crippen molar-refractivity contribution in [1.82, 2.24) is 0 Å². The van der Waals surface area contributed by atoms with Crippen molar-refractivity contribution in [3.05, 3.63) is 29.3 Å². The molecule has 0 aliphatic heterocycles. The fourth-order valence-electron chi connectivity index (χ4n) is 2.25. The minimum atomic E-state index is -0.361. The number of nitrogens with zero attached hydrogens (tertiary/aromatic N) is 1. The van der Waals surface area contributed by atoms with Crippen molar-refractivity contribution in [3.8, 4) is 5.75 Å². The summed E-state index contributed by atoms with van der Waals surface area (Å²) < 4.78 is 0. The summed E-state index contributed by atoms with van der Waals surface area (Å²) >= 11 is 0. The summed E-state index contributed by atoms with van der Waals surface area (Å²) in [5, 5.41) is 31.0. The Morgan fingerprint density at radius 3 is 2.65 bits per heavy atom. The highest BCUT2D eigenvalue weighted by atomic mass is 16.4. The molecule has 1 aromatic carbocycles. The van der Waals surface area contributed by atoms with E-state index in [1.54, 1.807) is 18.2 Å². The third-order valence-electron chi connectivity index (χ3n) is 3.40. The lowest BCUT2D eigenvalue weighted by molar-refractivity contribution is 0.161. The maximum Gasteiger partial charge on any atom is 0.124 e. The molecule has 0 fully saturated rings. The fraction of sp³-hybridized carbons (Fsp3) is 0.562. The van der Waals surface area contributed by atoms with Crippen LogP contribution in [0.15, 0.2) is 23.4 Å². The SMILES string of the molecule is CCCCCCCC(O)Cc1ccc(O)c(C=NO)c1. The van der Waals surface area contributed by atoms with Gasteiger partial charge < -0.3 is 15.4 Å². The topological polar surface area (TPSA) is 73.0 Å². The van der Waals surface area contributed by atoms with Gasteiger partial charge in [-0.05, 0) is 30.5 Å². The monoisotopic (exact) mass is 279 g/mol. The van der Waals surface area contributed by atoms with Crippen LogP contribution in [0.1, 0.15) is 56.6 Å². The molecule has 0 aliphatic carbocycles. The first-order valence-corrected chi connectivity index (χ1v) is 7.34. The summed E-state index contributed by atoms with van der Waals surface area (Å²) in [5.41, 5.74) is 1.39. The van der Waals surface area contributed by atoms with Gasteiger partial charge in [0, 0.05) is 5.56 Å². The van der Waals surface area contributed by atoms with Crippen LogP contribution in [0.25, 0.3) is 0 Å². The molecule has 0 aromatic heterocycles. The maximum atomic E-state index is 10.0. The molecule has 0 spiro atoms. The van der Waals surface area contributed by atoms with Crippen molar-refractivity contribution in [2.24, 2.45) is 5.16 Å². The molecule has 20 heavy (non-hydrogen) atoms. The number of oxime groups is 1. The lowest BCUT2D eigenvalue weighted by Gasteiger charge is -2.11. The highest BCUT2D eigenvalue weighted by Gasteiger charge is 2.07. The second-order valence-electron chi connectivity index (χ2n) is 5.20. The third kappa shape index (κ3) is 6.06. The van der Waals surface area contributed by atoms with Crippen LogP contribution in [-0.2, 0) is 6.42 Å². The molecule has 112 valence electrons. The highest BCUT2D eigenvalue weighted by molar-refractivity contribution is 5.83. The van der Waals surface area contributed by atoms with Gasteiger partial charge in [-0.2, -0.15) is 0 Å². The lowest BCUT2D eigenvalue weighted by atomic mass is 10.0. The number of rotatable bonds is 9. The minimum absolute atomic E-state index is 0.0700. The molecule has 1 unspecified atom stereocenters. The van der Waals surface area contributed by atoms with Crippen molar-refractivity contribution in [2.45, 2.75) is 58.0 Å². The van der Waals surface area contributed by atoms with Crippen LogP contribution in [-0.4, -0.2) is 27.7 Å². The molecular weight excluding hydrogens is 254 g/mol. The van der Waals surface area contributed by atoms with Gasteiger partial charge >= 0.3 is 0 Å². The molecule has 4 nitrogen and oxygen atoms in total. The van der Waals surface area contributed by atoms with Crippen LogP contribution < -0.4 is 0 Å². The molecule has 0 bridgehead atoms. The van der Waals surface area contributed by atoms with Crippen LogP contribution in [0.5, 0.6) is 5.75 Å². The zero-order chi connectivity index (χ0) is 14.8. The van der Waals surface area contributed by atoms with E-state index in [0.29, 0.717) is 12.0 Å². The van der Waals surface area contributed by atoms with Gasteiger partial charge in [0.15, 0.2) is 0 Å². The van der Waals surface area contributed by atoms with Crippen LogP contribution in [0, 0.1) is 0 Å². The number of unbranched alkanes of at least 4 members (excludes halogenated alkanes) is 4. The predicted molar refractivity (Wildman–Crippen MR) is 80.6 cm³/mol. The van der Waals surface area contributed by atoms with Gasteiger partial charge in [-0.15, -0.1) is 0 Å². The summed E-state index contributed by atoms with van der Waals surface area (Å²) in [4.78, 5) is 0. The van der Waals surface area contributed by atoms with E-state index in [9.17, 15) is 10.2 Å². The molecule has 0 aliphatic rings. The second-order valence-corrected chi connectivity index (χ2v) is 5.20. The normalized spacial score (nSPS) is 12.9. The Labute approximate surface area is 120 Å². The summed E-state index contributed by atoms with van der Waals surface area (Å²) in [6.45, 7) is 2.19. The van der Waals surface area contributed by atoms with Crippen molar-refractivity contribution in [1.29, 1.82) is 0 Å². The van der Waals surface area contributed by atoms with Crippen molar-refractivity contribution in [2.75, 3.05) is 0 Å². The molecule has 1 rings (SSSR count). The van der Waals surface area contributed by atoms with Gasteiger partial charge in [0.25, 0.3) is 0 Å². The van der Waals surface area contributed by atoms with Gasteiger partial charge in [-0.3, -0.25) is 0 Å². The van der Waals surface area contributed by atoms with Crippen molar-refractivity contribution < 1.29 is 15.4 Å². The Bertz CT molecular complexity index is 418. The maximum absolute atomic E-state index is 10.0. The van der Waals surface area contributed by atoms with Crippen LogP contribution in [0.4, 0.5) is 0 Å². The molecule has 4 heteroatoms. The van der Waals surface area contributed by atoms with Crippen LogP contribution in [0.2, 0.25) is 0 Å². The van der Waals surface area contributed by atoms with E-state index in [-0.39, 0.29) is 11.9 Å². The Morgan fingerprint density at radius 1 is 1.20 bits per heavy atom. The predicted octanol–water partition coefficient (Wildman–Crippen LogP) is 3.46. The van der Waals surface area contributed by atoms with E-state index >= 15 is 0 Å². The van der Waals surface area contributed by atoms with E-state index in [2.05, 4.69) is 12.1 Å². The van der Waals surface area contributed by atoms with Gasteiger partial charge in [0.2, 0.25) is 0 Å². The first-order chi connectivity index (χ1) is 9.67. The Morgan fingerprint density at radius 2 is 1.95 bits per heavy atom. The second kappa shape index (κ2) is 9.37. The molecule has 3 N–H and O–H groups in total. The average Bonchev–Trinajstić information content (AvgIpc) is 2.42. The summed E-state index contributed by atoms with van der Waals surface area (Å²) in [7, 11) is 0. The van der Waals surface area contributed by atoms with Crippen molar-refractivity contribution in [3.63, 3.8) is 0 Å². The summed E-state index contributed by atoms with van der Waals surface area (Å²) in [6, 6.07) is 5.07. The quantitative estimate of drug-likeness (QED) is 0.280. The van der Waals surface area contributed by atoms with E-state index in [1.807, 2.05) is 0 Å². The zero-order valence-electron chi connectivity index (χ0n) is 12.1. The van der Waals surface area contributed by atoms with Gasteiger partial charge in [-0.25, -0.2) is 0 Å². The highest BCUT2D eigenvalue weighted by Crippen LogP contribution is 2.19. The first kappa shape index (κ1) is 16.5. The largest absolute Gasteiger partial charge is 0.507 e. The van der Waals surface area contributed by atoms with Crippen LogP contribution in [0.3, 0.4) is 0 Å². The third-order valence-corrected chi connectivity index (χ3v) is 3.40.